The van der Waals surface area contributed by atoms with E-state index < -0.39 is 11.9 Å². The van der Waals surface area contributed by atoms with Crippen LogP contribution in [-0.2, 0) is 11.0 Å². The molecule has 3 rings (SSSR count). The molecule has 0 fully saturated rings. The molecule has 3 aromatic rings. The average molecular weight is 474 g/mol. The van der Waals surface area contributed by atoms with Crippen LogP contribution in [0.4, 0.5) is 18.9 Å². The van der Waals surface area contributed by atoms with Crippen molar-refractivity contribution in [2.75, 3.05) is 11.1 Å². The Morgan fingerprint density at radius 2 is 1.96 bits per heavy atom. The standard InChI is InChI=1S/C17H11BrF3N3OS2/c18-10-4-1-2-5-11(10)22-15(25)9-27-16-23-12(13-6-3-7-26-13)8-14(24-16)17(19,20)21/h1-8H,9H2,(H,22,25). The highest BCUT2D eigenvalue weighted by Gasteiger charge is 2.34. The number of hydrogen-bond acceptors (Lipinski definition) is 5. The zero-order valence-electron chi connectivity index (χ0n) is 13.5. The lowest BCUT2D eigenvalue weighted by atomic mass is 10.3. The fourth-order valence-electron chi connectivity index (χ4n) is 2.06. The van der Waals surface area contributed by atoms with Gasteiger partial charge in [0, 0.05) is 4.47 Å². The van der Waals surface area contributed by atoms with Gasteiger partial charge in [-0.1, -0.05) is 30.0 Å². The summed E-state index contributed by atoms with van der Waals surface area (Å²) in [5, 5.41) is 4.34. The van der Waals surface area contributed by atoms with E-state index in [2.05, 4.69) is 31.2 Å². The van der Waals surface area contributed by atoms with Gasteiger partial charge < -0.3 is 5.32 Å². The summed E-state index contributed by atoms with van der Waals surface area (Å²) >= 11 is 5.44. The van der Waals surface area contributed by atoms with Crippen LogP contribution in [0.3, 0.4) is 0 Å². The molecule has 4 nitrogen and oxygen atoms in total. The van der Waals surface area contributed by atoms with Gasteiger partial charge in [-0.25, -0.2) is 9.97 Å². The van der Waals surface area contributed by atoms with Gasteiger partial charge in [-0.05, 0) is 45.6 Å². The Hall–Kier alpha value is -1.91. The summed E-state index contributed by atoms with van der Waals surface area (Å²) in [5.41, 5.74) is -0.275. The minimum Gasteiger partial charge on any atom is -0.324 e. The molecule has 0 spiro atoms. The van der Waals surface area contributed by atoms with Crippen LogP contribution in [0.5, 0.6) is 0 Å². The number of anilines is 1. The highest BCUT2D eigenvalue weighted by atomic mass is 79.9. The van der Waals surface area contributed by atoms with Crippen molar-refractivity contribution in [2.24, 2.45) is 0 Å². The third-order valence-electron chi connectivity index (χ3n) is 3.25. The van der Waals surface area contributed by atoms with Crippen molar-refractivity contribution in [3.05, 3.63) is 58.0 Å². The number of carbonyl (C=O) groups is 1. The Bertz CT molecular complexity index is 949. The van der Waals surface area contributed by atoms with Crippen molar-refractivity contribution < 1.29 is 18.0 Å². The van der Waals surface area contributed by atoms with Crippen LogP contribution < -0.4 is 5.32 Å². The van der Waals surface area contributed by atoms with E-state index in [1.54, 1.807) is 41.8 Å². The van der Waals surface area contributed by atoms with Crippen molar-refractivity contribution in [3.8, 4) is 10.6 Å². The number of hydrogen-bond donors (Lipinski definition) is 1. The smallest absolute Gasteiger partial charge is 0.324 e. The zero-order chi connectivity index (χ0) is 19.4. The fourth-order valence-corrected chi connectivity index (χ4v) is 3.79. The molecule has 0 atom stereocenters. The number of rotatable bonds is 5. The van der Waals surface area contributed by atoms with Gasteiger partial charge in [0.05, 0.1) is 22.0 Å². The lowest BCUT2D eigenvalue weighted by Crippen LogP contribution is -2.15. The second-order valence-corrected chi connectivity index (χ2v) is 7.96. The number of alkyl halides is 3. The van der Waals surface area contributed by atoms with E-state index in [0.717, 1.165) is 17.8 Å². The predicted molar refractivity (Wildman–Crippen MR) is 104 cm³/mol. The van der Waals surface area contributed by atoms with E-state index in [0.29, 0.717) is 15.0 Å². The Morgan fingerprint density at radius 1 is 1.19 bits per heavy atom. The van der Waals surface area contributed by atoms with E-state index in [1.807, 2.05) is 0 Å². The summed E-state index contributed by atoms with van der Waals surface area (Å²) in [6.45, 7) is 0. The monoisotopic (exact) mass is 473 g/mol. The maximum Gasteiger partial charge on any atom is 0.433 e. The molecular weight excluding hydrogens is 463 g/mol. The average Bonchev–Trinajstić information content (AvgIpc) is 3.16. The summed E-state index contributed by atoms with van der Waals surface area (Å²) in [6, 6.07) is 11.4. The predicted octanol–water partition coefficient (Wildman–Crippen LogP) is 5.72. The van der Waals surface area contributed by atoms with Crippen LogP contribution in [0, 0.1) is 0 Å². The molecule has 1 amide bonds. The largest absolute Gasteiger partial charge is 0.433 e. The maximum atomic E-state index is 13.1. The maximum absolute atomic E-state index is 13.1. The zero-order valence-corrected chi connectivity index (χ0v) is 16.7. The lowest BCUT2D eigenvalue weighted by molar-refractivity contribution is -0.141. The molecular formula is C17H11BrF3N3OS2. The van der Waals surface area contributed by atoms with Crippen LogP contribution in [0.25, 0.3) is 10.6 Å². The van der Waals surface area contributed by atoms with Crippen LogP contribution in [0.2, 0.25) is 0 Å². The van der Waals surface area contributed by atoms with E-state index in [-0.39, 0.29) is 22.5 Å². The van der Waals surface area contributed by atoms with E-state index in [9.17, 15) is 18.0 Å². The third-order valence-corrected chi connectivity index (χ3v) is 5.68. The van der Waals surface area contributed by atoms with Crippen molar-refractivity contribution >= 4 is 50.6 Å². The van der Waals surface area contributed by atoms with Crippen LogP contribution in [-0.4, -0.2) is 21.6 Å². The SMILES string of the molecule is O=C(CSc1nc(-c2cccs2)cc(C(F)(F)F)n1)Nc1ccccc1Br. The first-order valence-electron chi connectivity index (χ1n) is 7.50. The lowest BCUT2D eigenvalue weighted by Gasteiger charge is -2.10. The van der Waals surface area contributed by atoms with Crippen molar-refractivity contribution in [3.63, 3.8) is 0 Å². The van der Waals surface area contributed by atoms with Gasteiger partial charge >= 0.3 is 6.18 Å². The molecule has 0 saturated carbocycles. The Morgan fingerprint density at radius 3 is 2.63 bits per heavy atom. The fraction of sp³-hybridized carbons (Fsp3) is 0.118. The molecule has 0 aliphatic rings. The summed E-state index contributed by atoms with van der Waals surface area (Å²) in [4.78, 5) is 20.4. The number of para-hydroxylation sites is 1. The minimum atomic E-state index is -4.60. The third kappa shape index (κ3) is 5.30. The molecule has 140 valence electrons. The first-order valence-corrected chi connectivity index (χ1v) is 10.2. The van der Waals surface area contributed by atoms with Gasteiger partial charge in [-0.2, -0.15) is 13.2 Å². The highest BCUT2D eigenvalue weighted by Crippen LogP contribution is 2.33. The molecule has 10 heteroatoms. The number of thiophene rings is 1. The van der Waals surface area contributed by atoms with Gasteiger partial charge in [-0.15, -0.1) is 11.3 Å². The Kier molecular flexibility index (Phi) is 6.18. The quantitative estimate of drug-likeness (QED) is 0.380. The van der Waals surface area contributed by atoms with E-state index in [4.69, 9.17) is 0 Å². The van der Waals surface area contributed by atoms with Crippen molar-refractivity contribution in [1.82, 2.24) is 9.97 Å². The molecule has 1 N–H and O–H groups in total. The van der Waals surface area contributed by atoms with Crippen LogP contribution in [0.1, 0.15) is 5.69 Å². The first kappa shape index (κ1) is 19.8. The van der Waals surface area contributed by atoms with E-state index in [1.165, 1.54) is 11.3 Å². The number of nitrogens with zero attached hydrogens (tertiary/aromatic N) is 2. The molecule has 0 unspecified atom stereocenters. The molecule has 2 aromatic heterocycles. The minimum absolute atomic E-state index is 0.101. The normalized spacial score (nSPS) is 11.4. The second-order valence-electron chi connectivity index (χ2n) is 5.21. The van der Waals surface area contributed by atoms with Gasteiger partial charge in [0.2, 0.25) is 5.91 Å². The molecule has 0 aliphatic heterocycles. The van der Waals surface area contributed by atoms with Gasteiger partial charge in [0.25, 0.3) is 0 Å². The van der Waals surface area contributed by atoms with Gasteiger partial charge in [0.15, 0.2) is 5.16 Å². The number of thioether (sulfide) groups is 1. The topological polar surface area (TPSA) is 54.9 Å². The number of nitrogens with one attached hydrogen (secondary N) is 1. The summed E-state index contributed by atoms with van der Waals surface area (Å²) in [7, 11) is 0. The number of aromatic nitrogens is 2. The summed E-state index contributed by atoms with van der Waals surface area (Å²) in [6.07, 6.45) is -4.60. The molecule has 0 radical (unpaired) electrons. The molecule has 1 aromatic carbocycles. The Balaban J connectivity index is 1.77. The molecule has 0 saturated heterocycles. The summed E-state index contributed by atoms with van der Waals surface area (Å²) in [5.74, 6) is -0.488. The van der Waals surface area contributed by atoms with Crippen LogP contribution >= 0.6 is 39.0 Å². The molecule has 27 heavy (non-hydrogen) atoms. The number of benzene rings is 1. The summed E-state index contributed by atoms with van der Waals surface area (Å²) < 4.78 is 40.1. The van der Waals surface area contributed by atoms with Crippen molar-refractivity contribution in [2.45, 2.75) is 11.3 Å². The van der Waals surface area contributed by atoms with Crippen LogP contribution in [0.15, 0.2) is 57.5 Å². The highest BCUT2D eigenvalue weighted by molar-refractivity contribution is 9.10. The molecule has 0 aliphatic carbocycles. The number of halogens is 4. The van der Waals surface area contributed by atoms with E-state index >= 15 is 0 Å². The van der Waals surface area contributed by atoms with Gasteiger partial charge in [-0.3, -0.25) is 4.79 Å². The second kappa shape index (κ2) is 8.41. The number of carbonyl (C=O) groups excluding carboxylic acids is 1. The number of amides is 1. The molecule has 0 bridgehead atoms. The van der Waals surface area contributed by atoms with Crippen molar-refractivity contribution in [1.29, 1.82) is 0 Å². The Labute approximate surface area is 169 Å². The molecule has 2 heterocycles. The van der Waals surface area contributed by atoms with Gasteiger partial charge in [0.1, 0.15) is 5.69 Å². The first-order chi connectivity index (χ1) is 12.8.